The van der Waals surface area contributed by atoms with Crippen molar-refractivity contribution in [2.24, 2.45) is 0 Å². The molecule has 0 aliphatic carbocycles. The Labute approximate surface area is 198 Å². The molecular formula is C25H29ClN4O3. The highest BCUT2D eigenvalue weighted by atomic mass is 35.5. The van der Waals surface area contributed by atoms with Crippen LogP contribution in [0.25, 0.3) is 10.9 Å². The maximum atomic E-state index is 13.2. The van der Waals surface area contributed by atoms with Crippen LogP contribution < -0.4 is 10.6 Å². The van der Waals surface area contributed by atoms with Crippen LogP contribution >= 0.6 is 11.6 Å². The lowest BCUT2D eigenvalue weighted by Crippen LogP contribution is -2.55. The van der Waals surface area contributed by atoms with Gasteiger partial charge in [-0.25, -0.2) is 0 Å². The summed E-state index contributed by atoms with van der Waals surface area (Å²) >= 11 is 6.06. The fraction of sp³-hybridized carbons (Fsp3) is 0.360. The number of halogens is 1. The van der Waals surface area contributed by atoms with E-state index in [1.807, 2.05) is 36.4 Å². The number of hydrogen-bond acceptors (Lipinski definition) is 4. The van der Waals surface area contributed by atoms with Gasteiger partial charge in [0.15, 0.2) is 6.10 Å². The zero-order valence-electron chi connectivity index (χ0n) is 18.6. The lowest BCUT2D eigenvalue weighted by atomic mass is 9.98. The summed E-state index contributed by atoms with van der Waals surface area (Å²) in [6, 6.07) is 15.8. The fourth-order valence-electron chi connectivity index (χ4n) is 4.34. The van der Waals surface area contributed by atoms with Gasteiger partial charge in [0.25, 0.3) is 11.8 Å². The molecule has 2 amide bonds. The second-order valence-electron chi connectivity index (χ2n) is 8.56. The summed E-state index contributed by atoms with van der Waals surface area (Å²) in [5.41, 5.74) is 2.05. The third-order valence-corrected chi connectivity index (χ3v) is 6.52. The first-order valence-electron chi connectivity index (χ1n) is 11.2. The van der Waals surface area contributed by atoms with Crippen LogP contribution in [0.1, 0.15) is 28.9 Å². The minimum Gasteiger partial charge on any atom is -0.381 e. The normalized spacial score (nSPS) is 16.3. The van der Waals surface area contributed by atoms with Gasteiger partial charge in [-0.2, -0.15) is 0 Å². The standard InChI is InChI=1S/C25H29ClN4O3/c1-30(19-9-11-27-12-10-19)25(33)23(31)21(13-16-5-3-2-4-6-16)29-24(32)22-15-17-14-18(26)7-8-20(17)28-22/h2-8,14-15,19,21,23,27-28,31H,9-13H2,1H3,(H,29,32)/t21-,23+/m0/s1. The number of nitrogens with zero attached hydrogens (tertiary/aromatic N) is 1. The smallest absolute Gasteiger partial charge is 0.268 e. The number of nitrogens with one attached hydrogen (secondary N) is 3. The Morgan fingerprint density at radius 3 is 2.61 bits per heavy atom. The Hall–Kier alpha value is -2.87. The number of benzene rings is 2. The van der Waals surface area contributed by atoms with Crippen molar-refractivity contribution in [1.29, 1.82) is 0 Å². The van der Waals surface area contributed by atoms with E-state index in [4.69, 9.17) is 11.6 Å². The first-order chi connectivity index (χ1) is 15.9. The van der Waals surface area contributed by atoms with E-state index in [-0.39, 0.29) is 17.9 Å². The molecule has 4 N–H and O–H groups in total. The number of hydrogen-bond donors (Lipinski definition) is 4. The van der Waals surface area contributed by atoms with Crippen LogP contribution in [0.3, 0.4) is 0 Å². The zero-order chi connectivity index (χ0) is 23.4. The Morgan fingerprint density at radius 1 is 1.15 bits per heavy atom. The Kier molecular flexibility index (Phi) is 7.33. The van der Waals surface area contributed by atoms with Gasteiger partial charge in [-0.3, -0.25) is 9.59 Å². The van der Waals surface area contributed by atoms with Gasteiger partial charge < -0.3 is 25.6 Å². The van der Waals surface area contributed by atoms with Crippen LogP contribution in [0.4, 0.5) is 0 Å². The maximum Gasteiger partial charge on any atom is 0.268 e. The van der Waals surface area contributed by atoms with Gasteiger partial charge in [-0.15, -0.1) is 0 Å². The van der Waals surface area contributed by atoms with E-state index in [0.717, 1.165) is 42.4 Å². The Balaban J connectivity index is 1.54. The zero-order valence-corrected chi connectivity index (χ0v) is 19.3. The van der Waals surface area contributed by atoms with E-state index in [1.54, 1.807) is 30.1 Å². The highest BCUT2D eigenvalue weighted by molar-refractivity contribution is 6.31. The molecule has 1 aromatic heterocycles. The number of aliphatic hydroxyl groups excluding tert-OH is 1. The molecule has 1 saturated heterocycles. The number of carbonyl (C=O) groups excluding carboxylic acids is 2. The van der Waals surface area contributed by atoms with Gasteiger partial charge in [0.2, 0.25) is 0 Å². The van der Waals surface area contributed by atoms with Gasteiger partial charge in [0.05, 0.1) is 6.04 Å². The summed E-state index contributed by atoms with van der Waals surface area (Å²) in [4.78, 5) is 30.9. The highest BCUT2D eigenvalue weighted by Crippen LogP contribution is 2.21. The number of aromatic amines is 1. The predicted molar refractivity (Wildman–Crippen MR) is 129 cm³/mol. The van der Waals surface area contributed by atoms with E-state index in [9.17, 15) is 14.7 Å². The van der Waals surface area contributed by atoms with Crippen LogP contribution in [-0.2, 0) is 11.2 Å². The van der Waals surface area contributed by atoms with Crippen molar-refractivity contribution >= 4 is 34.3 Å². The third kappa shape index (κ3) is 5.55. The number of aliphatic hydroxyl groups is 1. The molecule has 1 fully saturated rings. The van der Waals surface area contributed by atoms with E-state index < -0.39 is 12.1 Å². The summed E-state index contributed by atoms with van der Waals surface area (Å²) < 4.78 is 0. The second-order valence-corrected chi connectivity index (χ2v) is 9.00. The predicted octanol–water partition coefficient (Wildman–Crippen LogP) is 2.73. The van der Waals surface area contributed by atoms with E-state index in [2.05, 4.69) is 15.6 Å². The van der Waals surface area contributed by atoms with Crippen molar-refractivity contribution in [2.45, 2.75) is 37.5 Å². The number of amides is 2. The van der Waals surface area contributed by atoms with Crippen molar-refractivity contribution in [2.75, 3.05) is 20.1 Å². The SMILES string of the molecule is CN(C(=O)[C@H](O)[C@H](Cc1ccccc1)NC(=O)c1cc2cc(Cl)ccc2[nH]1)C1CCNCC1. The summed E-state index contributed by atoms with van der Waals surface area (Å²) in [7, 11) is 1.73. The minimum absolute atomic E-state index is 0.0694. The second kappa shape index (κ2) is 10.4. The molecule has 0 unspecified atom stereocenters. The molecule has 2 aromatic carbocycles. The molecular weight excluding hydrogens is 440 g/mol. The average molecular weight is 469 g/mol. The first-order valence-corrected chi connectivity index (χ1v) is 11.6. The Bertz CT molecular complexity index is 1110. The van der Waals surface area contributed by atoms with Crippen molar-refractivity contribution in [3.8, 4) is 0 Å². The molecule has 1 aliphatic heterocycles. The molecule has 3 aromatic rings. The lowest BCUT2D eigenvalue weighted by molar-refractivity contribution is -0.142. The van der Waals surface area contributed by atoms with E-state index >= 15 is 0 Å². The van der Waals surface area contributed by atoms with Crippen molar-refractivity contribution in [1.82, 2.24) is 20.5 Å². The molecule has 4 rings (SSSR count). The number of aromatic nitrogens is 1. The topological polar surface area (TPSA) is 97.5 Å². The molecule has 174 valence electrons. The third-order valence-electron chi connectivity index (χ3n) is 6.28. The minimum atomic E-state index is -1.37. The summed E-state index contributed by atoms with van der Waals surface area (Å²) in [5.74, 6) is -0.772. The molecule has 2 heterocycles. The van der Waals surface area contributed by atoms with Crippen LogP contribution in [0.15, 0.2) is 54.6 Å². The molecule has 33 heavy (non-hydrogen) atoms. The van der Waals surface area contributed by atoms with Crippen LogP contribution in [0, 0.1) is 0 Å². The number of piperidine rings is 1. The van der Waals surface area contributed by atoms with Gasteiger partial charge in [0.1, 0.15) is 5.69 Å². The van der Waals surface area contributed by atoms with E-state index in [1.165, 1.54) is 0 Å². The maximum absolute atomic E-state index is 13.2. The molecule has 0 spiro atoms. The van der Waals surface area contributed by atoms with Gasteiger partial charge in [-0.05, 0) is 62.2 Å². The molecule has 0 radical (unpaired) electrons. The number of rotatable bonds is 7. The lowest BCUT2D eigenvalue weighted by Gasteiger charge is -2.34. The van der Waals surface area contributed by atoms with Crippen LogP contribution in [0.2, 0.25) is 5.02 Å². The molecule has 2 atom stereocenters. The first kappa shape index (κ1) is 23.3. The average Bonchev–Trinajstić information content (AvgIpc) is 3.27. The highest BCUT2D eigenvalue weighted by Gasteiger charge is 2.33. The molecule has 0 bridgehead atoms. The van der Waals surface area contributed by atoms with Crippen molar-refractivity contribution < 1.29 is 14.7 Å². The van der Waals surface area contributed by atoms with Gasteiger partial charge in [-0.1, -0.05) is 41.9 Å². The van der Waals surface area contributed by atoms with Crippen molar-refractivity contribution in [3.63, 3.8) is 0 Å². The summed E-state index contributed by atoms with van der Waals surface area (Å²) in [5, 5.41) is 18.6. The quantitative estimate of drug-likeness (QED) is 0.428. The number of likely N-dealkylation sites (N-methyl/N-ethyl adjacent to an activating group) is 1. The van der Waals surface area contributed by atoms with Gasteiger partial charge in [0, 0.05) is 29.0 Å². The monoisotopic (exact) mass is 468 g/mol. The van der Waals surface area contributed by atoms with Crippen molar-refractivity contribution in [3.05, 3.63) is 70.9 Å². The fourth-order valence-corrected chi connectivity index (χ4v) is 4.52. The number of carbonyl (C=O) groups is 2. The molecule has 8 heteroatoms. The largest absolute Gasteiger partial charge is 0.381 e. The molecule has 0 saturated carbocycles. The van der Waals surface area contributed by atoms with Gasteiger partial charge >= 0.3 is 0 Å². The molecule has 1 aliphatic rings. The van der Waals surface area contributed by atoms with Crippen LogP contribution in [0.5, 0.6) is 0 Å². The van der Waals surface area contributed by atoms with E-state index in [0.29, 0.717) is 17.1 Å². The molecule has 7 nitrogen and oxygen atoms in total. The number of H-pyrrole nitrogens is 1. The summed E-state index contributed by atoms with van der Waals surface area (Å²) in [6.07, 6.45) is 0.629. The number of fused-ring (bicyclic) bond motifs is 1. The summed E-state index contributed by atoms with van der Waals surface area (Å²) in [6.45, 7) is 1.68. The Morgan fingerprint density at radius 2 is 1.88 bits per heavy atom. The van der Waals surface area contributed by atoms with Crippen LogP contribution in [-0.4, -0.2) is 65.1 Å².